The monoisotopic (exact) mass is 192 g/mol. The molecule has 1 fully saturated rings. The summed E-state index contributed by atoms with van der Waals surface area (Å²) < 4.78 is 13.2. The Morgan fingerprint density at radius 2 is 2.14 bits per heavy atom. The highest BCUT2D eigenvalue weighted by Gasteiger charge is 2.17. The van der Waals surface area contributed by atoms with Crippen molar-refractivity contribution in [3.63, 3.8) is 0 Å². The van der Waals surface area contributed by atoms with Crippen LogP contribution in [0, 0.1) is 5.82 Å². The van der Waals surface area contributed by atoms with Crippen LogP contribution in [0.1, 0.15) is 23.2 Å². The number of hydrogen-bond donors (Lipinski definition) is 1. The molecule has 0 atom stereocenters. The van der Waals surface area contributed by atoms with Gasteiger partial charge < -0.3 is 5.73 Å². The van der Waals surface area contributed by atoms with E-state index in [2.05, 4.69) is 4.99 Å². The Hall–Kier alpha value is -1.71. The van der Waals surface area contributed by atoms with E-state index in [1.165, 1.54) is 12.1 Å². The normalized spacial score (nSPS) is 13.9. The molecule has 1 aliphatic carbocycles. The molecule has 72 valence electrons. The van der Waals surface area contributed by atoms with Gasteiger partial charge in [0.1, 0.15) is 5.82 Å². The SMILES string of the molecule is Nc1ccc(C(=O)N=C2CC2)c(F)c1. The molecule has 2 N–H and O–H groups in total. The standard InChI is InChI=1S/C10H9FN2O/c11-9-5-6(12)1-4-8(9)10(14)13-7-2-3-7/h1,4-5H,2-3,12H2. The van der Waals surface area contributed by atoms with Gasteiger partial charge in [0.25, 0.3) is 5.91 Å². The number of carbonyl (C=O) groups excluding carboxylic acids is 1. The Morgan fingerprint density at radius 1 is 1.43 bits per heavy atom. The number of carbonyl (C=O) groups is 1. The van der Waals surface area contributed by atoms with Crippen molar-refractivity contribution in [2.45, 2.75) is 12.8 Å². The van der Waals surface area contributed by atoms with Gasteiger partial charge in [-0.2, -0.15) is 0 Å². The van der Waals surface area contributed by atoms with Crippen molar-refractivity contribution >= 4 is 17.3 Å². The van der Waals surface area contributed by atoms with E-state index in [-0.39, 0.29) is 5.56 Å². The maximum Gasteiger partial charge on any atom is 0.279 e. The molecule has 1 aromatic rings. The Morgan fingerprint density at radius 3 is 2.71 bits per heavy atom. The number of nitrogen functional groups attached to an aromatic ring is 1. The second-order valence-electron chi connectivity index (χ2n) is 3.22. The van der Waals surface area contributed by atoms with Crippen molar-refractivity contribution in [1.82, 2.24) is 0 Å². The van der Waals surface area contributed by atoms with Gasteiger partial charge in [-0.1, -0.05) is 0 Å². The van der Waals surface area contributed by atoms with Crippen molar-refractivity contribution in [3.8, 4) is 0 Å². The molecular weight excluding hydrogens is 183 g/mol. The summed E-state index contributed by atoms with van der Waals surface area (Å²) in [6, 6.07) is 3.98. The van der Waals surface area contributed by atoms with Gasteiger partial charge in [0, 0.05) is 11.4 Å². The van der Waals surface area contributed by atoms with Gasteiger partial charge in [0.05, 0.1) is 5.56 Å². The zero-order chi connectivity index (χ0) is 10.1. The fourth-order valence-corrected chi connectivity index (χ4v) is 1.08. The number of rotatable bonds is 1. The van der Waals surface area contributed by atoms with E-state index in [1.807, 2.05) is 0 Å². The van der Waals surface area contributed by atoms with Crippen LogP contribution in [0.4, 0.5) is 10.1 Å². The minimum absolute atomic E-state index is 0.0152. The molecule has 1 amide bonds. The highest BCUT2D eigenvalue weighted by Crippen LogP contribution is 2.18. The molecule has 0 bridgehead atoms. The van der Waals surface area contributed by atoms with E-state index in [4.69, 9.17) is 5.73 Å². The lowest BCUT2D eigenvalue weighted by atomic mass is 10.2. The quantitative estimate of drug-likeness (QED) is 0.689. The molecule has 14 heavy (non-hydrogen) atoms. The average molecular weight is 192 g/mol. The maximum atomic E-state index is 13.2. The van der Waals surface area contributed by atoms with Crippen molar-refractivity contribution < 1.29 is 9.18 Å². The van der Waals surface area contributed by atoms with Crippen molar-refractivity contribution in [2.75, 3.05) is 5.73 Å². The molecular formula is C10H9FN2O. The second kappa shape index (κ2) is 3.21. The lowest BCUT2D eigenvalue weighted by Crippen LogP contribution is -2.00. The number of amides is 1. The molecule has 0 aliphatic heterocycles. The molecule has 0 heterocycles. The first-order valence-electron chi connectivity index (χ1n) is 4.32. The van der Waals surface area contributed by atoms with E-state index in [0.717, 1.165) is 24.6 Å². The number of aliphatic imine (C=N–C) groups is 1. The number of anilines is 1. The summed E-state index contributed by atoms with van der Waals surface area (Å²) in [5.41, 5.74) is 6.48. The highest BCUT2D eigenvalue weighted by atomic mass is 19.1. The predicted molar refractivity (Wildman–Crippen MR) is 51.8 cm³/mol. The van der Waals surface area contributed by atoms with Crippen LogP contribution < -0.4 is 5.73 Å². The fraction of sp³-hybridized carbons (Fsp3) is 0.200. The third-order valence-corrected chi connectivity index (χ3v) is 1.96. The molecule has 1 aromatic carbocycles. The number of nitrogens with two attached hydrogens (primary N) is 1. The molecule has 0 spiro atoms. The first kappa shape index (κ1) is 8.87. The van der Waals surface area contributed by atoms with Gasteiger partial charge in [-0.15, -0.1) is 0 Å². The maximum absolute atomic E-state index is 13.2. The summed E-state index contributed by atoms with van der Waals surface area (Å²) in [4.78, 5) is 15.1. The van der Waals surface area contributed by atoms with Crippen LogP contribution in [0.15, 0.2) is 23.2 Å². The van der Waals surface area contributed by atoms with Crippen LogP contribution in [-0.4, -0.2) is 11.6 Å². The Bertz CT molecular complexity index is 420. The number of halogens is 1. The lowest BCUT2D eigenvalue weighted by Gasteiger charge is -1.98. The summed E-state index contributed by atoms with van der Waals surface area (Å²) in [7, 11) is 0. The van der Waals surface area contributed by atoms with E-state index in [0.29, 0.717) is 5.69 Å². The topological polar surface area (TPSA) is 55.5 Å². The Labute approximate surface area is 80.4 Å². The smallest absolute Gasteiger partial charge is 0.279 e. The first-order valence-corrected chi connectivity index (χ1v) is 4.32. The molecule has 1 aliphatic rings. The molecule has 4 heteroatoms. The summed E-state index contributed by atoms with van der Waals surface area (Å²) in [6.45, 7) is 0. The van der Waals surface area contributed by atoms with E-state index in [9.17, 15) is 9.18 Å². The third-order valence-electron chi connectivity index (χ3n) is 1.96. The zero-order valence-corrected chi connectivity index (χ0v) is 7.46. The molecule has 1 saturated carbocycles. The Balaban J connectivity index is 2.31. The minimum Gasteiger partial charge on any atom is -0.399 e. The predicted octanol–water partition coefficient (Wildman–Crippen LogP) is 1.78. The summed E-state index contributed by atoms with van der Waals surface area (Å²) in [5, 5.41) is 0. The second-order valence-corrected chi connectivity index (χ2v) is 3.22. The van der Waals surface area contributed by atoms with Crippen LogP contribution in [-0.2, 0) is 0 Å². The van der Waals surface area contributed by atoms with Gasteiger partial charge in [-0.05, 0) is 31.0 Å². The van der Waals surface area contributed by atoms with Gasteiger partial charge in [0.2, 0.25) is 0 Å². The third kappa shape index (κ3) is 1.79. The summed E-state index contributed by atoms with van der Waals surface area (Å²) >= 11 is 0. The molecule has 2 rings (SSSR count). The van der Waals surface area contributed by atoms with Crippen molar-refractivity contribution in [1.29, 1.82) is 0 Å². The fourth-order valence-electron chi connectivity index (χ4n) is 1.08. The molecule has 0 saturated heterocycles. The van der Waals surface area contributed by atoms with E-state index >= 15 is 0 Å². The zero-order valence-electron chi connectivity index (χ0n) is 7.46. The van der Waals surface area contributed by atoms with Crippen LogP contribution in [0.3, 0.4) is 0 Å². The summed E-state index contributed by atoms with van der Waals surface area (Å²) in [5.74, 6) is -1.13. The highest BCUT2D eigenvalue weighted by molar-refractivity contribution is 6.09. The van der Waals surface area contributed by atoms with Crippen LogP contribution in [0.2, 0.25) is 0 Å². The lowest BCUT2D eigenvalue weighted by molar-refractivity contribution is 0.0999. The summed E-state index contributed by atoms with van der Waals surface area (Å²) in [6.07, 6.45) is 1.70. The van der Waals surface area contributed by atoms with Crippen molar-refractivity contribution in [3.05, 3.63) is 29.6 Å². The minimum atomic E-state index is -0.611. The first-order chi connectivity index (χ1) is 6.66. The van der Waals surface area contributed by atoms with Crippen LogP contribution in [0.5, 0.6) is 0 Å². The van der Waals surface area contributed by atoms with Gasteiger partial charge in [0.15, 0.2) is 0 Å². The Kier molecular flexibility index (Phi) is 2.04. The van der Waals surface area contributed by atoms with E-state index < -0.39 is 11.7 Å². The number of benzene rings is 1. The average Bonchev–Trinajstić information content (AvgIpc) is 2.87. The molecule has 0 aromatic heterocycles. The molecule has 0 unspecified atom stereocenters. The van der Waals surface area contributed by atoms with Gasteiger partial charge in [-0.3, -0.25) is 4.79 Å². The van der Waals surface area contributed by atoms with Gasteiger partial charge >= 0.3 is 0 Å². The number of nitrogens with zero attached hydrogens (tertiary/aromatic N) is 1. The largest absolute Gasteiger partial charge is 0.399 e. The number of hydrogen-bond acceptors (Lipinski definition) is 2. The van der Waals surface area contributed by atoms with Crippen LogP contribution >= 0.6 is 0 Å². The van der Waals surface area contributed by atoms with E-state index in [1.54, 1.807) is 0 Å². The van der Waals surface area contributed by atoms with Gasteiger partial charge in [-0.25, -0.2) is 9.38 Å². The molecule has 3 nitrogen and oxygen atoms in total. The van der Waals surface area contributed by atoms with Crippen LogP contribution in [0.25, 0.3) is 0 Å². The molecule has 0 radical (unpaired) electrons. The van der Waals surface area contributed by atoms with Crippen molar-refractivity contribution in [2.24, 2.45) is 4.99 Å².